The number of rotatable bonds is 6. The Kier molecular flexibility index (Phi) is 14.2. The largest absolute Gasteiger partial charge is 0.454 e. The smallest absolute Gasteiger partial charge is 0.0141 e. The van der Waals surface area contributed by atoms with Crippen molar-refractivity contribution in [1.82, 2.24) is 4.90 Å². The summed E-state index contributed by atoms with van der Waals surface area (Å²) in [6.45, 7) is 22.2. The molecule has 1 saturated heterocycles. The van der Waals surface area contributed by atoms with Crippen LogP contribution < -0.4 is 4.74 Å². The molecule has 1 heterocycles. The van der Waals surface area contributed by atoms with Gasteiger partial charge in [0, 0.05) is 0 Å². The summed E-state index contributed by atoms with van der Waals surface area (Å²) in [6.07, 6.45) is 1.34. The molecule has 0 amide bonds. The molecule has 2 nitrogen and oxygen atoms in total. The molecule has 1 atom stereocenters. The first-order valence-electron chi connectivity index (χ1n) is 14.5. The van der Waals surface area contributed by atoms with Crippen LogP contribution in [-0.2, 0) is 18.9 Å². The molecule has 3 aromatic rings. The van der Waals surface area contributed by atoms with Gasteiger partial charge in [-0.05, 0) is 49.4 Å². The first kappa shape index (κ1) is 35.7. The van der Waals surface area contributed by atoms with Gasteiger partial charge in [-0.3, -0.25) is 6.54 Å². The fourth-order valence-corrected chi connectivity index (χ4v) is 6.76. The van der Waals surface area contributed by atoms with Gasteiger partial charge in [0.2, 0.25) is 0 Å². The van der Waals surface area contributed by atoms with Crippen molar-refractivity contribution in [3.05, 3.63) is 108 Å². The van der Waals surface area contributed by atoms with E-state index in [2.05, 4.69) is 122 Å². The molecular formula is C36H50Cl2NORu-. The van der Waals surface area contributed by atoms with E-state index in [1.165, 1.54) is 23.1 Å². The minimum atomic E-state index is -1.77. The Hall–Kier alpha value is -1.51. The van der Waals surface area contributed by atoms with Crippen LogP contribution in [0.2, 0.25) is 0 Å². The van der Waals surface area contributed by atoms with E-state index in [0.717, 1.165) is 11.3 Å². The van der Waals surface area contributed by atoms with Crippen LogP contribution >= 0.6 is 19.4 Å². The van der Waals surface area contributed by atoms with Gasteiger partial charge in [-0.2, -0.15) is 0 Å². The third kappa shape index (κ3) is 11.6. The van der Waals surface area contributed by atoms with Gasteiger partial charge in [-0.25, -0.2) is 0 Å². The van der Waals surface area contributed by atoms with E-state index >= 15 is 0 Å². The normalized spacial score (nSPS) is 18.4. The third-order valence-electron chi connectivity index (χ3n) is 7.38. The number of halogens is 2. The maximum Gasteiger partial charge on any atom is -0.0141 e. The van der Waals surface area contributed by atoms with Gasteiger partial charge in [0.15, 0.2) is 0 Å². The molecule has 1 aliphatic heterocycles. The van der Waals surface area contributed by atoms with Crippen molar-refractivity contribution in [1.29, 1.82) is 0 Å². The van der Waals surface area contributed by atoms with E-state index in [9.17, 15) is 0 Å². The summed E-state index contributed by atoms with van der Waals surface area (Å²) in [6, 6.07) is 27.4. The topological polar surface area (TPSA) is 12.5 Å². The van der Waals surface area contributed by atoms with Gasteiger partial charge in [0.1, 0.15) is 0 Å². The van der Waals surface area contributed by atoms with Gasteiger partial charge in [0.25, 0.3) is 0 Å². The number of para-hydroxylation sites is 1. The second kappa shape index (κ2) is 16.4. The average Bonchev–Trinajstić information content (AvgIpc) is 3.13. The van der Waals surface area contributed by atoms with Crippen molar-refractivity contribution in [2.75, 3.05) is 7.05 Å². The van der Waals surface area contributed by atoms with E-state index < -0.39 is 13.5 Å². The van der Waals surface area contributed by atoms with Gasteiger partial charge in [-0.15, -0.1) is 5.41 Å². The number of likely N-dealkylation sites (tertiary alicyclic amines) is 1. The standard InChI is InChI=1S/C14H20N.C12H18.C10H12O.2ClH.Ru/c1-13(2)10-14(3,11-15(13)4)12-8-6-5-7-9-12;1-9(2)11-6-5-7-12(8-11)10(3)4;1-8(2)11-10-7-5-4-6-9(10)3;;;/h5-9,11H,10H2,1-4H3;5-10H,1-4H3;3-8H,1-2H3;2*1H;/q-1;;;;;+2/p-2. The van der Waals surface area contributed by atoms with E-state index in [-0.39, 0.29) is 17.1 Å². The zero-order valence-electron chi connectivity index (χ0n) is 26.6. The molecule has 3 aromatic carbocycles. The van der Waals surface area contributed by atoms with Crippen molar-refractivity contribution in [2.24, 2.45) is 0 Å². The van der Waals surface area contributed by atoms with E-state index in [1.807, 2.05) is 42.7 Å². The molecule has 4 rings (SSSR count). The molecule has 1 unspecified atom stereocenters. The van der Waals surface area contributed by atoms with Crippen molar-refractivity contribution in [3.63, 3.8) is 0 Å². The second-order valence-corrected chi connectivity index (χ2v) is 18.2. The number of ether oxygens (including phenoxy) is 1. The zero-order valence-corrected chi connectivity index (χ0v) is 29.8. The van der Waals surface area contributed by atoms with Crippen LogP contribution in [-0.4, -0.2) is 28.2 Å². The van der Waals surface area contributed by atoms with Crippen LogP contribution in [0.5, 0.6) is 5.75 Å². The molecule has 0 aliphatic carbocycles. The van der Waals surface area contributed by atoms with Gasteiger partial charge >= 0.3 is 97.8 Å². The SMILES string of the molecule is CC(C)Oc1ccccc1[CH]=[Ru]([Cl])[Cl].CC(C)c1cccc(C(C)C)c1.CN1[CH-]C(C)(c2ccccc2)CC1(C)C. The van der Waals surface area contributed by atoms with Crippen LogP contribution in [0, 0.1) is 6.54 Å². The van der Waals surface area contributed by atoms with Crippen molar-refractivity contribution >= 4 is 24.0 Å². The molecule has 0 spiro atoms. The molecule has 0 saturated carbocycles. The molecule has 0 N–H and O–H groups in total. The fraction of sp³-hybridized carbons (Fsp3) is 0.444. The molecule has 0 bridgehead atoms. The van der Waals surface area contributed by atoms with Gasteiger partial charge < -0.3 is 4.90 Å². The first-order chi connectivity index (χ1) is 19.1. The summed E-state index contributed by atoms with van der Waals surface area (Å²) in [5.74, 6) is 2.13. The van der Waals surface area contributed by atoms with Crippen LogP contribution in [0.3, 0.4) is 0 Å². The maximum atomic E-state index is 5.82. The molecule has 5 heteroatoms. The number of benzene rings is 3. The minimum absolute atomic E-state index is 0.163. The first-order valence-corrected chi connectivity index (χ1v) is 20.0. The van der Waals surface area contributed by atoms with Gasteiger partial charge in [0.05, 0.1) is 0 Å². The number of hydrogen-bond donors (Lipinski definition) is 0. The van der Waals surface area contributed by atoms with Crippen LogP contribution in [0.4, 0.5) is 0 Å². The van der Waals surface area contributed by atoms with E-state index in [4.69, 9.17) is 24.1 Å². The van der Waals surface area contributed by atoms with Crippen LogP contribution in [0.1, 0.15) is 103 Å². The second-order valence-electron chi connectivity index (χ2n) is 12.5. The summed E-state index contributed by atoms with van der Waals surface area (Å²) in [7, 11) is 13.8. The molecule has 228 valence electrons. The van der Waals surface area contributed by atoms with Gasteiger partial charge in [-0.1, -0.05) is 101 Å². The minimum Gasteiger partial charge on any atom is -0.454 e. The Morgan fingerprint density at radius 3 is 1.80 bits per heavy atom. The predicted molar refractivity (Wildman–Crippen MR) is 178 cm³/mol. The summed E-state index contributed by atoms with van der Waals surface area (Å²) >= 11 is -1.77. The quantitative estimate of drug-likeness (QED) is 0.189. The molecule has 0 radical (unpaired) electrons. The monoisotopic (exact) mass is 684 g/mol. The maximum absolute atomic E-state index is 5.82. The van der Waals surface area contributed by atoms with Crippen LogP contribution in [0.25, 0.3) is 0 Å². The Bertz CT molecular complexity index is 1210. The molecule has 1 fully saturated rings. The zero-order chi connectivity index (χ0) is 30.8. The predicted octanol–water partition coefficient (Wildman–Crippen LogP) is 10.7. The molecule has 41 heavy (non-hydrogen) atoms. The fourth-order valence-electron chi connectivity index (χ4n) is 4.95. The third-order valence-corrected chi connectivity index (χ3v) is 9.21. The summed E-state index contributed by atoms with van der Waals surface area (Å²) in [5.41, 5.74) is 5.76. The Morgan fingerprint density at radius 1 is 0.805 bits per heavy atom. The Morgan fingerprint density at radius 2 is 1.34 bits per heavy atom. The summed E-state index contributed by atoms with van der Waals surface area (Å²) in [4.78, 5) is 2.35. The molecule has 0 aromatic heterocycles. The van der Waals surface area contributed by atoms with Crippen molar-refractivity contribution in [3.8, 4) is 5.75 Å². The number of hydrogen-bond acceptors (Lipinski definition) is 2. The van der Waals surface area contributed by atoms with E-state index in [1.54, 1.807) is 0 Å². The number of nitrogens with zero attached hydrogens (tertiary/aromatic N) is 1. The Balaban J connectivity index is 0.000000217. The van der Waals surface area contributed by atoms with E-state index in [0.29, 0.717) is 11.8 Å². The van der Waals surface area contributed by atoms with Crippen molar-refractivity contribution in [2.45, 2.75) is 97.6 Å². The van der Waals surface area contributed by atoms with Crippen molar-refractivity contribution < 1.29 is 18.3 Å². The summed E-state index contributed by atoms with van der Waals surface area (Å²) < 4.78 is 7.51. The van der Waals surface area contributed by atoms with Crippen LogP contribution in [0.15, 0.2) is 78.9 Å². The summed E-state index contributed by atoms with van der Waals surface area (Å²) in [5, 5.41) is 0. The Labute approximate surface area is 263 Å². The number of likely N-dealkylation sites (N-methyl/N-ethyl adjacent to an activating group) is 1. The molecular weight excluding hydrogens is 634 g/mol. The molecule has 1 aliphatic rings. The average molecular weight is 685 g/mol.